The number of hydrogen-bond acceptors (Lipinski definition) is 2. The summed E-state index contributed by atoms with van der Waals surface area (Å²) in [6.07, 6.45) is 0.755. The van der Waals surface area contributed by atoms with Crippen molar-refractivity contribution in [2.75, 3.05) is 6.54 Å². The molecular weight excluding hydrogens is 186 g/mol. The van der Waals surface area contributed by atoms with Crippen molar-refractivity contribution >= 4 is 22.6 Å². The third-order valence-electron chi connectivity index (χ3n) is 1.94. The van der Waals surface area contributed by atoms with Crippen molar-refractivity contribution in [3.8, 4) is 0 Å². The second-order valence-electron chi connectivity index (χ2n) is 2.91. The number of nitrogens with two attached hydrogens (primary N) is 1. The predicted molar refractivity (Wildman–Crippen MR) is 54.0 cm³/mol. The first kappa shape index (κ1) is 8.60. The number of furan rings is 1. The summed E-state index contributed by atoms with van der Waals surface area (Å²) in [7, 11) is 0. The Hall–Kier alpha value is -0.990. The van der Waals surface area contributed by atoms with E-state index in [1.54, 1.807) is 0 Å². The smallest absolute Gasteiger partial charge is 0.152 e. The molecule has 0 amide bonds. The van der Waals surface area contributed by atoms with Gasteiger partial charge in [0.15, 0.2) is 5.58 Å². The Morgan fingerprint density at radius 1 is 1.38 bits per heavy atom. The monoisotopic (exact) mass is 195 g/mol. The van der Waals surface area contributed by atoms with Gasteiger partial charge in [0, 0.05) is 11.8 Å². The molecular formula is C10H10ClNO. The lowest BCUT2D eigenvalue weighted by Gasteiger charge is -1.90. The van der Waals surface area contributed by atoms with Gasteiger partial charge in [-0.3, -0.25) is 0 Å². The lowest BCUT2D eigenvalue weighted by atomic mass is 10.2. The Morgan fingerprint density at radius 2 is 2.23 bits per heavy atom. The zero-order valence-corrected chi connectivity index (χ0v) is 7.84. The Kier molecular flexibility index (Phi) is 2.25. The van der Waals surface area contributed by atoms with E-state index in [2.05, 4.69) is 0 Å². The van der Waals surface area contributed by atoms with Crippen molar-refractivity contribution in [3.63, 3.8) is 0 Å². The van der Waals surface area contributed by atoms with Crippen molar-refractivity contribution in [2.24, 2.45) is 5.73 Å². The van der Waals surface area contributed by atoms with Gasteiger partial charge in [0.2, 0.25) is 0 Å². The van der Waals surface area contributed by atoms with Crippen LogP contribution in [0.15, 0.2) is 28.7 Å². The minimum absolute atomic E-state index is 0.595. The molecule has 0 spiro atoms. The average Bonchev–Trinajstić information content (AvgIpc) is 2.49. The third-order valence-corrected chi connectivity index (χ3v) is 2.24. The van der Waals surface area contributed by atoms with Crippen LogP contribution in [0.4, 0.5) is 0 Å². The van der Waals surface area contributed by atoms with Crippen LogP contribution in [0.2, 0.25) is 5.02 Å². The lowest BCUT2D eigenvalue weighted by Crippen LogP contribution is -2.01. The average molecular weight is 196 g/mol. The highest BCUT2D eigenvalue weighted by molar-refractivity contribution is 6.34. The van der Waals surface area contributed by atoms with Gasteiger partial charge in [0.25, 0.3) is 0 Å². The first-order valence-corrected chi connectivity index (χ1v) is 4.56. The Balaban J connectivity index is 2.55. The molecule has 3 heteroatoms. The summed E-state index contributed by atoms with van der Waals surface area (Å²) >= 11 is 5.95. The highest BCUT2D eigenvalue weighted by atomic mass is 35.5. The maximum absolute atomic E-state index is 5.95. The van der Waals surface area contributed by atoms with Crippen molar-refractivity contribution in [3.05, 3.63) is 35.0 Å². The van der Waals surface area contributed by atoms with E-state index in [-0.39, 0.29) is 0 Å². The maximum atomic E-state index is 5.95. The normalized spacial score (nSPS) is 10.9. The molecule has 13 heavy (non-hydrogen) atoms. The van der Waals surface area contributed by atoms with E-state index in [1.807, 2.05) is 24.3 Å². The summed E-state index contributed by atoms with van der Waals surface area (Å²) in [5, 5.41) is 1.69. The molecule has 0 saturated heterocycles. The number of fused-ring (bicyclic) bond motifs is 1. The fourth-order valence-electron chi connectivity index (χ4n) is 1.35. The molecule has 0 aliphatic rings. The van der Waals surface area contributed by atoms with Gasteiger partial charge in [-0.1, -0.05) is 23.7 Å². The van der Waals surface area contributed by atoms with E-state index in [1.165, 1.54) is 0 Å². The topological polar surface area (TPSA) is 39.2 Å². The summed E-state index contributed by atoms with van der Waals surface area (Å²) in [6, 6.07) is 7.69. The fraction of sp³-hybridized carbons (Fsp3) is 0.200. The molecule has 2 nitrogen and oxygen atoms in total. The van der Waals surface area contributed by atoms with Crippen molar-refractivity contribution in [2.45, 2.75) is 6.42 Å². The van der Waals surface area contributed by atoms with Crippen LogP contribution in [0.25, 0.3) is 11.0 Å². The minimum Gasteiger partial charge on any atom is -0.459 e. The summed E-state index contributed by atoms with van der Waals surface area (Å²) in [5.41, 5.74) is 6.18. The molecule has 2 N–H and O–H groups in total. The molecule has 1 aromatic heterocycles. The highest BCUT2D eigenvalue weighted by Crippen LogP contribution is 2.26. The van der Waals surface area contributed by atoms with E-state index in [0.29, 0.717) is 11.6 Å². The van der Waals surface area contributed by atoms with Crippen LogP contribution in [0.5, 0.6) is 0 Å². The molecule has 0 atom stereocenters. The van der Waals surface area contributed by atoms with Crippen molar-refractivity contribution in [1.29, 1.82) is 0 Å². The first-order valence-electron chi connectivity index (χ1n) is 4.18. The summed E-state index contributed by atoms with van der Waals surface area (Å²) in [4.78, 5) is 0. The van der Waals surface area contributed by atoms with E-state index >= 15 is 0 Å². The van der Waals surface area contributed by atoms with E-state index in [9.17, 15) is 0 Å². The maximum Gasteiger partial charge on any atom is 0.152 e. The van der Waals surface area contributed by atoms with Crippen LogP contribution in [-0.2, 0) is 6.42 Å². The number of para-hydroxylation sites is 1. The van der Waals surface area contributed by atoms with Gasteiger partial charge in [-0.25, -0.2) is 0 Å². The molecule has 0 bridgehead atoms. The van der Waals surface area contributed by atoms with Crippen LogP contribution in [0, 0.1) is 0 Å². The van der Waals surface area contributed by atoms with Gasteiger partial charge >= 0.3 is 0 Å². The summed E-state index contributed by atoms with van der Waals surface area (Å²) in [5.74, 6) is 0.894. The molecule has 0 saturated carbocycles. The van der Waals surface area contributed by atoms with Crippen LogP contribution in [0.3, 0.4) is 0 Å². The summed E-state index contributed by atoms with van der Waals surface area (Å²) in [6.45, 7) is 0.595. The van der Waals surface area contributed by atoms with Crippen LogP contribution in [-0.4, -0.2) is 6.54 Å². The van der Waals surface area contributed by atoms with Gasteiger partial charge in [0.05, 0.1) is 5.02 Å². The number of hydrogen-bond donors (Lipinski definition) is 1. The second kappa shape index (κ2) is 3.40. The quantitative estimate of drug-likeness (QED) is 0.800. The van der Waals surface area contributed by atoms with Crippen molar-refractivity contribution < 1.29 is 4.42 Å². The first-order chi connectivity index (χ1) is 6.31. The van der Waals surface area contributed by atoms with Gasteiger partial charge in [-0.2, -0.15) is 0 Å². The number of halogens is 1. The van der Waals surface area contributed by atoms with Crippen LogP contribution >= 0.6 is 11.6 Å². The van der Waals surface area contributed by atoms with E-state index < -0.39 is 0 Å². The van der Waals surface area contributed by atoms with Crippen LogP contribution < -0.4 is 5.73 Å². The number of benzene rings is 1. The lowest BCUT2D eigenvalue weighted by molar-refractivity contribution is 0.550. The molecule has 1 aromatic carbocycles. The molecule has 68 valence electrons. The SMILES string of the molecule is NCCc1cc2cccc(Cl)c2o1. The zero-order valence-electron chi connectivity index (χ0n) is 7.09. The van der Waals surface area contributed by atoms with Crippen molar-refractivity contribution in [1.82, 2.24) is 0 Å². The molecule has 0 fully saturated rings. The second-order valence-corrected chi connectivity index (χ2v) is 3.32. The highest BCUT2D eigenvalue weighted by Gasteiger charge is 2.05. The Morgan fingerprint density at radius 3 is 2.92 bits per heavy atom. The fourth-order valence-corrected chi connectivity index (χ4v) is 1.57. The summed E-state index contributed by atoms with van der Waals surface area (Å²) < 4.78 is 5.53. The van der Waals surface area contributed by atoms with Crippen LogP contribution in [0.1, 0.15) is 5.76 Å². The molecule has 0 radical (unpaired) electrons. The predicted octanol–water partition coefficient (Wildman–Crippen LogP) is 2.59. The zero-order chi connectivity index (χ0) is 9.26. The Labute approximate surface area is 81.3 Å². The van der Waals surface area contributed by atoms with Gasteiger partial charge in [0.1, 0.15) is 5.76 Å². The minimum atomic E-state index is 0.595. The van der Waals surface area contributed by atoms with E-state index in [0.717, 1.165) is 23.2 Å². The molecule has 2 aromatic rings. The number of rotatable bonds is 2. The third kappa shape index (κ3) is 1.55. The molecule has 2 rings (SSSR count). The molecule has 0 aliphatic carbocycles. The molecule has 1 heterocycles. The van der Waals surface area contributed by atoms with Gasteiger partial charge in [-0.15, -0.1) is 0 Å². The van der Waals surface area contributed by atoms with Gasteiger partial charge in [-0.05, 0) is 18.7 Å². The Bertz CT molecular complexity index is 422. The molecule has 0 aliphatic heterocycles. The molecule has 0 unspecified atom stereocenters. The largest absolute Gasteiger partial charge is 0.459 e. The van der Waals surface area contributed by atoms with Gasteiger partial charge < -0.3 is 10.2 Å². The standard InChI is InChI=1S/C10H10ClNO/c11-9-3-1-2-7-6-8(4-5-12)13-10(7)9/h1-3,6H,4-5,12H2. The van der Waals surface area contributed by atoms with E-state index in [4.69, 9.17) is 21.8 Å².